The molecule has 0 spiro atoms. The Morgan fingerprint density at radius 2 is 2.07 bits per heavy atom. The molecule has 0 amide bonds. The average Bonchev–Trinajstić information content (AvgIpc) is 3.16. The molecule has 3 rings (SSSR count). The van der Waals surface area contributed by atoms with Crippen LogP contribution in [0, 0.1) is 11.7 Å². The SMILES string of the molecule is CCOc1ccc(S(=O)(=O)NCC2CCN(Cc3ccco3)CC2)cc1F. The second-order valence-electron chi connectivity index (χ2n) is 6.68. The molecule has 1 aliphatic rings. The van der Waals surface area contributed by atoms with E-state index in [2.05, 4.69) is 9.62 Å². The molecule has 27 heavy (non-hydrogen) atoms. The molecule has 0 bridgehead atoms. The number of ether oxygens (including phenoxy) is 1. The Bertz CT molecular complexity index is 831. The van der Waals surface area contributed by atoms with Gasteiger partial charge in [-0.3, -0.25) is 4.90 Å². The van der Waals surface area contributed by atoms with Crippen LogP contribution >= 0.6 is 0 Å². The van der Waals surface area contributed by atoms with E-state index >= 15 is 0 Å². The van der Waals surface area contributed by atoms with Crippen molar-refractivity contribution in [1.29, 1.82) is 0 Å². The van der Waals surface area contributed by atoms with Crippen LogP contribution in [0.25, 0.3) is 0 Å². The van der Waals surface area contributed by atoms with Crippen LogP contribution in [0.5, 0.6) is 5.75 Å². The van der Waals surface area contributed by atoms with Gasteiger partial charge in [-0.2, -0.15) is 0 Å². The molecule has 2 heterocycles. The molecular weight excluding hydrogens is 371 g/mol. The van der Waals surface area contributed by atoms with E-state index in [0.29, 0.717) is 13.2 Å². The van der Waals surface area contributed by atoms with Crippen LogP contribution in [-0.2, 0) is 16.6 Å². The first-order valence-corrected chi connectivity index (χ1v) is 10.6. The van der Waals surface area contributed by atoms with Crippen molar-refractivity contribution in [2.45, 2.75) is 31.2 Å². The average molecular weight is 396 g/mol. The van der Waals surface area contributed by atoms with Crippen molar-refractivity contribution in [2.24, 2.45) is 5.92 Å². The number of rotatable bonds is 8. The van der Waals surface area contributed by atoms with Gasteiger partial charge in [-0.1, -0.05) is 0 Å². The van der Waals surface area contributed by atoms with Crippen LogP contribution < -0.4 is 9.46 Å². The molecule has 148 valence electrons. The van der Waals surface area contributed by atoms with Crippen LogP contribution in [0.2, 0.25) is 0 Å². The van der Waals surface area contributed by atoms with Crippen molar-refractivity contribution in [3.05, 3.63) is 48.2 Å². The zero-order valence-electron chi connectivity index (χ0n) is 15.4. The zero-order valence-corrected chi connectivity index (χ0v) is 16.2. The molecule has 6 nitrogen and oxygen atoms in total. The van der Waals surface area contributed by atoms with E-state index in [1.165, 1.54) is 12.1 Å². The third-order valence-electron chi connectivity index (χ3n) is 4.74. The number of hydrogen-bond donors (Lipinski definition) is 1. The van der Waals surface area contributed by atoms with Gasteiger partial charge in [0.05, 0.1) is 24.3 Å². The quantitative estimate of drug-likeness (QED) is 0.743. The van der Waals surface area contributed by atoms with Gasteiger partial charge in [0.1, 0.15) is 5.76 Å². The van der Waals surface area contributed by atoms with E-state index in [4.69, 9.17) is 9.15 Å². The molecule has 1 aliphatic heterocycles. The Kier molecular flexibility index (Phi) is 6.51. The summed E-state index contributed by atoms with van der Waals surface area (Å²) in [6, 6.07) is 7.54. The molecule has 1 saturated heterocycles. The predicted molar refractivity (Wildman–Crippen MR) is 99.5 cm³/mol. The Morgan fingerprint density at radius 3 is 2.70 bits per heavy atom. The fraction of sp³-hybridized carbons (Fsp3) is 0.474. The Hall–Kier alpha value is -1.90. The third-order valence-corrected chi connectivity index (χ3v) is 6.16. The van der Waals surface area contributed by atoms with Crippen LogP contribution in [0.1, 0.15) is 25.5 Å². The fourth-order valence-corrected chi connectivity index (χ4v) is 4.33. The molecule has 2 aromatic rings. The van der Waals surface area contributed by atoms with E-state index in [9.17, 15) is 12.8 Å². The first-order valence-electron chi connectivity index (χ1n) is 9.14. The van der Waals surface area contributed by atoms with Gasteiger partial charge < -0.3 is 9.15 Å². The number of halogens is 1. The zero-order chi connectivity index (χ0) is 19.3. The first kappa shape index (κ1) is 19.9. The van der Waals surface area contributed by atoms with Crippen LogP contribution in [0.3, 0.4) is 0 Å². The summed E-state index contributed by atoms with van der Waals surface area (Å²) in [5.74, 6) is 0.582. The number of hydrogen-bond acceptors (Lipinski definition) is 5. The number of nitrogens with one attached hydrogen (secondary N) is 1. The predicted octanol–water partition coefficient (Wildman–Crippen LogP) is 3.01. The van der Waals surface area contributed by atoms with Crippen molar-refractivity contribution in [3.63, 3.8) is 0 Å². The second-order valence-corrected chi connectivity index (χ2v) is 8.44. The summed E-state index contributed by atoms with van der Waals surface area (Å²) in [5, 5.41) is 0. The van der Waals surface area contributed by atoms with Crippen molar-refractivity contribution in [2.75, 3.05) is 26.2 Å². The Labute approximate surface area is 159 Å². The molecule has 1 aromatic heterocycles. The monoisotopic (exact) mass is 396 g/mol. The summed E-state index contributed by atoms with van der Waals surface area (Å²) >= 11 is 0. The lowest BCUT2D eigenvalue weighted by Crippen LogP contribution is -2.38. The summed E-state index contributed by atoms with van der Waals surface area (Å²) in [4.78, 5) is 2.21. The van der Waals surface area contributed by atoms with Crippen molar-refractivity contribution >= 4 is 10.0 Å². The lowest BCUT2D eigenvalue weighted by atomic mass is 9.97. The van der Waals surface area contributed by atoms with Crippen LogP contribution in [-0.4, -0.2) is 39.6 Å². The normalized spacial score (nSPS) is 16.5. The summed E-state index contributed by atoms with van der Waals surface area (Å²) in [7, 11) is -3.74. The fourth-order valence-electron chi connectivity index (χ4n) is 3.20. The lowest BCUT2D eigenvalue weighted by molar-refractivity contribution is 0.168. The molecule has 1 aromatic carbocycles. The summed E-state index contributed by atoms with van der Waals surface area (Å²) in [6.45, 7) is 4.98. The van der Waals surface area contributed by atoms with Crippen molar-refractivity contribution in [1.82, 2.24) is 9.62 Å². The highest BCUT2D eigenvalue weighted by Crippen LogP contribution is 2.22. The Balaban J connectivity index is 1.50. The van der Waals surface area contributed by atoms with E-state index in [-0.39, 0.29) is 16.6 Å². The van der Waals surface area contributed by atoms with E-state index in [0.717, 1.165) is 44.3 Å². The number of benzene rings is 1. The van der Waals surface area contributed by atoms with Crippen molar-refractivity contribution in [3.8, 4) is 5.75 Å². The van der Waals surface area contributed by atoms with E-state index in [1.54, 1.807) is 13.2 Å². The number of sulfonamides is 1. The maximum absolute atomic E-state index is 13.9. The van der Waals surface area contributed by atoms with Gasteiger partial charge in [0.2, 0.25) is 10.0 Å². The summed E-state index contributed by atoms with van der Waals surface area (Å²) in [5.41, 5.74) is 0. The Morgan fingerprint density at radius 1 is 1.30 bits per heavy atom. The molecule has 0 aliphatic carbocycles. The second kappa shape index (κ2) is 8.86. The van der Waals surface area contributed by atoms with Gasteiger partial charge in [0.15, 0.2) is 11.6 Å². The maximum Gasteiger partial charge on any atom is 0.240 e. The largest absolute Gasteiger partial charge is 0.491 e. The van der Waals surface area contributed by atoms with Gasteiger partial charge in [-0.15, -0.1) is 0 Å². The molecule has 0 radical (unpaired) electrons. The molecule has 1 N–H and O–H groups in total. The smallest absolute Gasteiger partial charge is 0.240 e. The molecule has 0 saturated carbocycles. The third kappa shape index (κ3) is 5.31. The minimum Gasteiger partial charge on any atom is -0.491 e. The summed E-state index contributed by atoms with van der Waals surface area (Å²) < 4.78 is 51.9. The standard InChI is InChI=1S/C19H25FN2O4S/c1-2-25-19-6-5-17(12-18(19)20)27(23,24)21-13-15-7-9-22(10-8-15)14-16-4-3-11-26-16/h3-6,11-12,15,21H,2,7-10,13-14H2,1H3. The molecule has 0 unspecified atom stereocenters. The highest BCUT2D eigenvalue weighted by molar-refractivity contribution is 7.89. The summed E-state index contributed by atoms with van der Waals surface area (Å²) in [6.07, 6.45) is 3.47. The first-order chi connectivity index (χ1) is 13.0. The van der Waals surface area contributed by atoms with Crippen LogP contribution in [0.15, 0.2) is 45.9 Å². The highest BCUT2D eigenvalue weighted by atomic mass is 32.2. The number of likely N-dealkylation sites (tertiary alicyclic amines) is 1. The van der Waals surface area contributed by atoms with Gasteiger partial charge in [0.25, 0.3) is 0 Å². The molecule has 0 atom stereocenters. The number of furan rings is 1. The van der Waals surface area contributed by atoms with Gasteiger partial charge in [0, 0.05) is 6.54 Å². The van der Waals surface area contributed by atoms with Crippen molar-refractivity contribution < 1.29 is 22.0 Å². The molecule has 1 fully saturated rings. The molecular formula is C19H25FN2O4S. The number of nitrogens with zero attached hydrogens (tertiary/aromatic N) is 1. The van der Waals surface area contributed by atoms with E-state index < -0.39 is 15.8 Å². The highest BCUT2D eigenvalue weighted by Gasteiger charge is 2.23. The topological polar surface area (TPSA) is 71.8 Å². The van der Waals surface area contributed by atoms with Crippen LogP contribution in [0.4, 0.5) is 4.39 Å². The lowest BCUT2D eigenvalue weighted by Gasteiger charge is -2.31. The molecule has 8 heteroatoms. The number of piperidine rings is 1. The minimum absolute atomic E-state index is 0.0559. The van der Waals surface area contributed by atoms with Gasteiger partial charge in [-0.25, -0.2) is 17.5 Å². The van der Waals surface area contributed by atoms with Gasteiger partial charge >= 0.3 is 0 Å². The van der Waals surface area contributed by atoms with Gasteiger partial charge in [-0.05, 0) is 69.1 Å². The maximum atomic E-state index is 13.9. The van der Waals surface area contributed by atoms with E-state index in [1.807, 2.05) is 12.1 Å². The minimum atomic E-state index is -3.74.